The number of fused-ring (bicyclic) bond motifs is 1. The molecule has 2 heterocycles. The zero-order valence-corrected chi connectivity index (χ0v) is 14.3. The van der Waals surface area contributed by atoms with Crippen LogP contribution in [-0.4, -0.2) is 24.9 Å². The van der Waals surface area contributed by atoms with Gasteiger partial charge in [-0.2, -0.15) is 10.1 Å². The van der Waals surface area contributed by atoms with Crippen molar-refractivity contribution in [2.45, 2.75) is 6.54 Å². The fraction of sp³-hybridized carbons (Fsp3) is 0.176. The van der Waals surface area contributed by atoms with Gasteiger partial charge in [-0.15, -0.1) is 6.58 Å². The standard InChI is InChI=1S/C17H17FN6O2/c1-4-9-24-13-14(22(2)17(26)23(3)15(13)25)20-16(24)21-19-10-11-5-7-12(18)8-6-11/h4-8,10H,1,9H2,2-3H3,(H,20,21). The van der Waals surface area contributed by atoms with Crippen molar-refractivity contribution in [3.8, 4) is 0 Å². The highest BCUT2D eigenvalue weighted by molar-refractivity contribution is 5.80. The minimum atomic E-state index is -0.466. The van der Waals surface area contributed by atoms with Gasteiger partial charge in [0.25, 0.3) is 5.56 Å². The molecule has 0 radical (unpaired) electrons. The molecule has 9 heteroatoms. The van der Waals surface area contributed by atoms with Gasteiger partial charge in [0.2, 0.25) is 5.95 Å². The summed E-state index contributed by atoms with van der Waals surface area (Å²) < 4.78 is 16.8. The molecule has 2 aromatic heterocycles. The third-order valence-electron chi connectivity index (χ3n) is 3.91. The number of imidazole rings is 1. The van der Waals surface area contributed by atoms with E-state index in [1.54, 1.807) is 29.8 Å². The molecular formula is C17H17FN6O2. The maximum absolute atomic E-state index is 12.9. The first-order valence-electron chi connectivity index (χ1n) is 7.76. The second kappa shape index (κ2) is 6.79. The van der Waals surface area contributed by atoms with Crippen LogP contribution in [0.5, 0.6) is 0 Å². The minimum absolute atomic E-state index is 0.249. The van der Waals surface area contributed by atoms with Crippen molar-refractivity contribution >= 4 is 23.3 Å². The molecule has 134 valence electrons. The summed E-state index contributed by atoms with van der Waals surface area (Å²) in [5, 5.41) is 4.07. The van der Waals surface area contributed by atoms with E-state index in [-0.39, 0.29) is 22.9 Å². The first kappa shape index (κ1) is 17.3. The van der Waals surface area contributed by atoms with Crippen molar-refractivity contribution < 1.29 is 4.39 Å². The smallest absolute Gasteiger partial charge is 0.299 e. The predicted octanol–water partition coefficient (Wildman–Crippen LogP) is 1.20. The van der Waals surface area contributed by atoms with E-state index in [9.17, 15) is 14.0 Å². The molecule has 0 aliphatic carbocycles. The van der Waals surface area contributed by atoms with Gasteiger partial charge in [-0.3, -0.25) is 18.5 Å². The molecule has 3 rings (SSSR count). The quantitative estimate of drug-likeness (QED) is 0.423. The van der Waals surface area contributed by atoms with E-state index >= 15 is 0 Å². The number of halogens is 1. The summed E-state index contributed by atoms with van der Waals surface area (Å²) >= 11 is 0. The number of aromatic nitrogens is 4. The van der Waals surface area contributed by atoms with Gasteiger partial charge in [-0.25, -0.2) is 14.6 Å². The van der Waals surface area contributed by atoms with Crippen molar-refractivity contribution in [3.05, 3.63) is 69.1 Å². The molecular weight excluding hydrogens is 339 g/mol. The number of nitrogens with zero attached hydrogens (tertiary/aromatic N) is 5. The summed E-state index contributed by atoms with van der Waals surface area (Å²) in [6, 6.07) is 5.81. The van der Waals surface area contributed by atoms with E-state index < -0.39 is 11.2 Å². The molecule has 0 fully saturated rings. The maximum atomic E-state index is 12.9. The summed E-state index contributed by atoms with van der Waals surface area (Å²) in [6.45, 7) is 3.99. The topological polar surface area (TPSA) is 86.2 Å². The summed E-state index contributed by atoms with van der Waals surface area (Å²) in [5.41, 5.74) is 3.05. The van der Waals surface area contributed by atoms with Gasteiger partial charge >= 0.3 is 5.69 Å². The molecule has 8 nitrogen and oxygen atoms in total. The number of benzene rings is 1. The molecule has 3 aromatic rings. The van der Waals surface area contributed by atoms with E-state index in [1.165, 1.54) is 30.0 Å². The molecule has 0 aliphatic heterocycles. The molecule has 1 aromatic carbocycles. The minimum Gasteiger partial charge on any atom is -0.299 e. The number of hydrazone groups is 1. The molecule has 0 unspecified atom stereocenters. The average Bonchev–Trinajstić information content (AvgIpc) is 2.99. The van der Waals surface area contributed by atoms with Crippen LogP contribution < -0.4 is 16.7 Å². The summed E-state index contributed by atoms with van der Waals surface area (Å²) in [7, 11) is 2.95. The first-order chi connectivity index (χ1) is 12.4. The number of hydrogen-bond acceptors (Lipinski definition) is 5. The Bertz CT molecular complexity index is 1120. The van der Waals surface area contributed by atoms with Gasteiger partial charge in [-0.1, -0.05) is 18.2 Å². The molecule has 0 spiro atoms. The number of anilines is 1. The van der Waals surface area contributed by atoms with Crippen LogP contribution in [-0.2, 0) is 20.6 Å². The Morgan fingerprint density at radius 3 is 2.58 bits per heavy atom. The SMILES string of the molecule is C=CCn1c(NN=Cc2ccc(F)cc2)nc2c1c(=O)n(C)c(=O)n2C. The van der Waals surface area contributed by atoms with Crippen LogP contribution in [0.3, 0.4) is 0 Å². The van der Waals surface area contributed by atoms with Crippen LogP contribution in [0.4, 0.5) is 10.3 Å². The maximum Gasteiger partial charge on any atom is 0.332 e. The third-order valence-corrected chi connectivity index (χ3v) is 3.91. The van der Waals surface area contributed by atoms with Crippen molar-refractivity contribution in [1.82, 2.24) is 18.7 Å². The summed E-state index contributed by atoms with van der Waals surface area (Å²) in [6.07, 6.45) is 3.11. The Labute approximate surface area is 147 Å². The van der Waals surface area contributed by atoms with Gasteiger partial charge < -0.3 is 0 Å². The summed E-state index contributed by atoms with van der Waals surface area (Å²) in [5.74, 6) is -0.0452. The fourth-order valence-electron chi connectivity index (χ4n) is 2.55. The van der Waals surface area contributed by atoms with Crippen molar-refractivity contribution in [3.63, 3.8) is 0 Å². The Morgan fingerprint density at radius 1 is 1.23 bits per heavy atom. The lowest BCUT2D eigenvalue weighted by Gasteiger charge is -2.06. The zero-order chi connectivity index (χ0) is 18.8. The van der Waals surface area contributed by atoms with Crippen LogP contribution in [0, 0.1) is 5.82 Å². The molecule has 0 amide bonds. The Morgan fingerprint density at radius 2 is 1.92 bits per heavy atom. The molecule has 1 N–H and O–H groups in total. The van der Waals surface area contributed by atoms with Gasteiger partial charge in [0.15, 0.2) is 11.2 Å². The lowest BCUT2D eigenvalue weighted by Crippen LogP contribution is -2.37. The van der Waals surface area contributed by atoms with Crippen molar-refractivity contribution in [2.75, 3.05) is 5.43 Å². The summed E-state index contributed by atoms with van der Waals surface area (Å²) in [4.78, 5) is 28.9. The van der Waals surface area contributed by atoms with E-state index in [1.807, 2.05) is 0 Å². The Hall–Kier alpha value is -3.49. The number of hydrogen-bond donors (Lipinski definition) is 1. The van der Waals surface area contributed by atoms with Crippen LogP contribution in [0.15, 0.2) is 51.6 Å². The van der Waals surface area contributed by atoms with E-state index in [4.69, 9.17) is 0 Å². The average molecular weight is 356 g/mol. The second-order valence-electron chi connectivity index (χ2n) is 5.63. The number of aryl methyl sites for hydroxylation is 1. The molecule has 0 aliphatic rings. The van der Waals surface area contributed by atoms with Crippen LogP contribution in [0.25, 0.3) is 11.2 Å². The Kier molecular flexibility index (Phi) is 4.53. The first-order valence-corrected chi connectivity index (χ1v) is 7.76. The van der Waals surface area contributed by atoms with E-state index in [0.717, 1.165) is 4.57 Å². The van der Waals surface area contributed by atoms with Gasteiger partial charge in [0, 0.05) is 20.6 Å². The monoisotopic (exact) mass is 356 g/mol. The van der Waals surface area contributed by atoms with Crippen LogP contribution >= 0.6 is 0 Å². The molecule has 0 atom stereocenters. The molecule has 0 saturated heterocycles. The predicted molar refractivity (Wildman–Crippen MR) is 98.0 cm³/mol. The zero-order valence-electron chi connectivity index (χ0n) is 14.3. The van der Waals surface area contributed by atoms with Crippen LogP contribution in [0.1, 0.15) is 5.56 Å². The van der Waals surface area contributed by atoms with Gasteiger partial charge in [-0.05, 0) is 17.7 Å². The molecule has 26 heavy (non-hydrogen) atoms. The second-order valence-corrected chi connectivity index (χ2v) is 5.63. The normalized spacial score (nSPS) is 11.3. The largest absolute Gasteiger partial charge is 0.332 e. The van der Waals surface area contributed by atoms with Gasteiger partial charge in [0.1, 0.15) is 5.82 Å². The van der Waals surface area contributed by atoms with E-state index in [0.29, 0.717) is 12.1 Å². The molecule has 0 bridgehead atoms. The lowest BCUT2D eigenvalue weighted by atomic mass is 10.2. The lowest BCUT2D eigenvalue weighted by molar-refractivity contribution is 0.628. The Balaban J connectivity index is 2.06. The van der Waals surface area contributed by atoms with Crippen molar-refractivity contribution in [1.29, 1.82) is 0 Å². The number of nitrogens with one attached hydrogen (secondary N) is 1. The van der Waals surface area contributed by atoms with Crippen LogP contribution in [0.2, 0.25) is 0 Å². The molecule has 0 saturated carbocycles. The number of rotatable bonds is 5. The highest BCUT2D eigenvalue weighted by atomic mass is 19.1. The van der Waals surface area contributed by atoms with E-state index in [2.05, 4.69) is 22.1 Å². The fourth-order valence-corrected chi connectivity index (χ4v) is 2.55. The van der Waals surface area contributed by atoms with Crippen molar-refractivity contribution in [2.24, 2.45) is 19.2 Å². The highest BCUT2D eigenvalue weighted by Crippen LogP contribution is 2.15. The highest BCUT2D eigenvalue weighted by Gasteiger charge is 2.18. The number of allylic oxidation sites excluding steroid dienone is 1. The van der Waals surface area contributed by atoms with Gasteiger partial charge in [0.05, 0.1) is 6.21 Å². The third kappa shape index (κ3) is 2.94.